The number of nitrogens with one attached hydrogen (secondary N) is 1. The summed E-state index contributed by atoms with van der Waals surface area (Å²) >= 11 is 0. The summed E-state index contributed by atoms with van der Waals surface area (Å²) in [6.07, 6.45) is 4.46. The molecule has 0 aliphatic rings. The normalized spacial score (nSPS) is 12.7. The molecule has 0 fully saturated rings. The number of rotatable bonds is 4. The summed E-state index contributed by atoms with van der Waals surface area (Å²) in [4.78, 5) is 4.34. The van der Waals surface area contributed by atoms with Crippen LogP contribution in [0.5, 0.6) is 0 Å². The van der Waals surface area contributed by atoms with Crippen LogP contribution in [0.3, 0.4) is 0 Å². The van der Waals surface area contributed by atoms with Crippen molar-refractivity contribution in [2.75, 3.05) is 0 Å². The number of hydrogen-bond acceptors (Lipinski definition) is 5. The number of nitrogens with two attached hydrogens (primary N) is 1. The minimum atomic E-state index is -0.172. The predicted octanol–water partition coefficient (Wildman–Crippen LogP) is 0.634. The van der Waals surface area contributed by atoms with Gasteiger partial charge in [-0.15, -0.1) is 0 Å². The molecule has 6 heteroatoms. The topological polar surface area (TPSA) is 81.7 Å². The Morgan fingerprint density at radius 3 is 2.78 bits per heavy atom. The van der Waals surface area contributed by atoms with Gasteiger partial charge in [-0.25, -0.2) is 10.4 Å². The third-order valence-electron chi connectivity index (χ3n) is 2.96. The highest BCUT2D eigenvalue weighted by molar-refractivity contribution is 5.29. The minimum absolute atomic E-state index is 0.172. The maximum Gasteiger partial charge on any atom is 0.131 e. The third kappa shape index (κ3) is 2.25. The summed E-state index contributed by atoms with van der Waals surface area (Å²) in [5.41, 5.74) is 5.65. The van der Waals surface area contributed by atoms with E-state index in [2.05, 4.69) is 27.5 Å². The average Bonchev–Trinajstić information content (AvgIpc) is 2.77. The molecule has 0 aromatic carbocycles. The molecule has 0 saturated carbocycles. The van der Waals surface area contributed by atoms with E-state index in [1.165, 1.54) is 0 Å². The molecule has 0 radical (unpaired) electrons. The Balaban J connectivity index is 2.51. The molecule has 1 atom stereocenters. The Morgan fingerprint density at radius 1 is 1.44 bits per heavy atom. The van der Waals surface area contributed by atoms with Crippen molar-refractivity contribution in [3.8, 4) is 0 Å². The maximum absolute atomic E-state index is 5.69. The second-order valence-electron chi connectivity index (χ2n) is 4.24. The second-order valence-corrected chi connectivity index (χ2v) is 4.24. The van der Waals surface area contributed by atoms with Gasteiger partial charge < -0.3 is 4.57 Å². The standard InChI is InChI=1S/C12H18N6/c1-4-10-9(7-8(2)16-17-10)11(15-13)12-14-5-6-18(12)3/h5-7,11,15H,4,13H2,1-3H3. The lowest BCUT2D eigenvalue weighted by molar-refractivity contribution is 0.569. The molecule has 0 saturated heterocycles. The van der Waals surface area contributed by atoms with Crippen LogP contribution in [0.25, 0.3) is 0 Å². The van der Waals surface area contributed by atoms with Gasteiger partial charge >= 0.3 is 0 Å². The Kier molecular flexibility index (Phi) is 3.69. The fourth-order valence-corrected chi connectivity index (χ4v) is 2.02. The zero-order valence-corrected chi connectivity index (χ0v) is 10.9. The van der Waals surface area contributed by atoms with Gasteiger partial charge in [0.2, 0.25) is 0 Å². The molecule has 3 N–H and O–H groups in total. The van der Waals surface area contributed by atoms with Gasteiger partial charge in [-0.05, 0) is 19.4 Å². The summed E-state index contributed by atoms with van der Waals surface area (Å²) in [6.45, 7) is 3.97. The first-order chi connectivity index (χ1) is 8.67. The van der Waals surface area contributed by atoms with Gasteiger partial charge in [-0.1, -0.05) is 6.92 Å². The molecular formula is C12H18N6. The highest BCUT2D eigenvalue weighted by atomic mass is 15.3. The molecule has 1 unspecified atom stereocenters. The fourth-order valence-electron chi connectivity index (χ4n) is 2.02. The van der Waals surface area contributed by atoms with Crippen LogP contribution in [-0.2, 0) is 13.5 Å². The monoisotopic (exact) mass is 246 g/mol. The zero-order chi connectivity index (χ0) is 13.1. The van der Waals surface area contributed by atoms with Crippen LogP contribution in [0, 0.1) is 6.92 Å². The summed E-state index contributed by atoms with van der Waals surface area (Å²) in [5, 5.41) is 8.31. The molecule has 0 spiro atoms. The summed E-state index contributed by atoms with van der Waals surface area (Å²) in [7, 11) is 1.94. The molecule has 0 aliphatic carbocycles. The van der Waals surface area contributed by atoms with Crippen LogP contribution >= 0.6 is 0 Å². The van der Waals surface area contributed by atoms with Crippen LogP contribution in [0.15, 0.2) is 18.5 Å². The summed E-state index contributed by atoms with van der Waals surface area (Å²) in [6, 6.07) is 1.83. The first-order valence-electron chi connectivity index (χ1n) is 5.93. The summed E-state index contributed by atoms with van der Waals surface area (Å²) in [5.74, 6) is 6.55. The van der Waals surface area contributed by atoms with Gasteiger partial charge in [0.25, 0.3) is 0 Å². The lowest BCUT2D eigenvalue weighted by Crippen LogP contribution is -2.32. The smallest absolute Gasteiger partial charge is 0.131 e. The van der Waals surface area contributed by atoms with E-state index in [0.29, 0.717) is 0 Å². The van der Waals surface area contributed by atoms with Crippen molar-refractivity contribution >= 4 is 0 Å². The second kappa shape index (κ2) is 5.24. The number of hydrogen-bond donors (Lipinski definition) is 2. The van der Waals surface area contributed by atoms with Gasteiger partial charge in [-0.3, -0.25) is 5.84 Å². The van der Waals surface area contributed by atoms with E-state index in [4.69, 9.17) is 5.84 Å². The van der Waals surface area contributed by atoms with E-state index in [9.17, 15) is 0 Å². The van der Waals surface area contributed by atoms with Gasteiger partial charge in [0, 0.05) is 25.0 Å². The first kappa shape index (κ1) is 12.7. The SMILES string of the molecule is CCc1nnc(C)cc1C(NN)c1nccn1C. The van der Waals surface area contributed by atoms with E-state index >= 15 is 0 Å². The van der Waals surface area contributed by atoms with Crippen LogP contribution in [-0.4, -0.2) is 19.7 Å². The molecule has 18 heavy (non-hydrogen) atoms. The molecular weight excluding hydrogens is 228 g/mol. The van der Waals surface area contributed by atoms with Crippen LogP contribution in [0.1, 0.15) is 35.7 Å². The van der Waals surface area contributed by atoms with Crippen molar-refractivity contribution in [2.24, 2.45) is 12.9 Å². The van der Waals surface area contributed by atoms with Crippen LogP contribution in [0.2, 0.25) is 0 Å². The molecule has 0 bridgehead atoms. The molecule has 0 amide bonds. The number of imidazole rings is 1. The van der Waals surface area contributed by atoms with Gasteiger partial charge in [0.15, 0.2) is 0 Å². The van der Waals surface area contributed by atoms with E-state index < -0.39 is 0 Å². The number of aromatic nitrogens is 4. The average molecular weight is 246 g/mol. The van der Waals surface area contributed by atoms with Crippen molar-refractivity contribution < 1.29 is 0 Å². The molecule has 0 aliphatic heterocycles. The van der Waals surface area contributed by atoms with Crippen molar-refractivity contribution in [1.82, 2.24) is 25.2 Å². The highest BCUT2D eigenvalue weighted by Crippen LogP contribution is 2.22. The predicted molar refractivity (Wildman–Crippen MR) is 68.5 cm³/mol. The Morgan fingerprint density at radius 2 is 2.22 bits per heavy atom. The Bertz CT molecular complexity index is 533. The van der Waals surface area contributed by atoms with Gasteiger partial charge in [0.05, 0.1) is 11.4 Å². The lowest BCUT2D eigenvalue weighted by Gasteiger charge is -2.18. The molecule has 2 rings (SSSR count). The zero-order valence-electron chi connectivity index (χ0n) is 10.9. The molecule has 2 heterocycles. The van der Waals surface area contributed by atoms with Crippen molar-refractivity contribution in [3.05, 3.63) is 41.2 Å². The highest BCUT2D eigenvalue weighted by Gasteiger charge is 2.20. The molecule has 6 nitrogen and oxygen atoms in total. The first-order valence-corrected chi connectivity index (χ1v) is 5.93. The third-order valence-corrected chi connectivity index (χ3v) is 2.96. The van der Waals surface area contributed by atoms with Gasteiger partial charge in [0.1, 0.15) is 11.9 Å². The van der Waals surface area contributed by atoms with Gasteiger partial charge in [-0.2, -0.15) is 10.2 Å². The Hall–Kier alpha value is -1.79. The maximum atomic E-state index is 5.69. The Labute approximate surface area is 106 Å². The lowest BCUT2D eigenvalue weighted by atomic mass is 10.0. The number of aryl methyl sites for hydroxylation is 3. The minimum Gasteiger partial charge on any atom is -0.336 e. The van der Waals surface area contributed by atoms with Crippen LogP contribution < -0.4 is 11.3 Å². The van der Waals surface area contributed by atoms with E-state index in [1.807, 2.05) is 30.8 Å². The molecule has 2 aromatic heterocycles. The van der Waals surface area contributed by atoms with E-state index in [-0.39, 0.29) is 6.04 Å². The molecule has 2 aromatic rings. The largest absolute Gasteiger partial charge is 0.336 e. The number of hydrazine groups is 1. The van der Waals surface area contributed by atoms with E-state index in [1.54, 1.807) is 6.20 Å². The quantitative estimate of drug-likeness (QED) is 0.611. The van der Waals surface area contributed by atoms with Crippen LogP contribution in [0.4, 0.5) is 0 Å². The summed E-state index contributed by atoms with van der Waals surface area (Å²) < 4.78 is 1.94. The number of nitrogens with zero attached hydrogens (tertiary/aromatic N) is 4. The van der Waals surface area contributed by atoms with Crippen molar-refractivity contribution in [3.63, 3.8) is 0 Å². The van der Waals surface area contributed by atoms with E-state index in [0.717, 1.165) is 29.2 Å². The fraction of sp³-hybridized carbons (Fsp3) is 0.417. The van der Waals surface area contributed by atoms with Crippen molar-refractivity contribution in [1.29, 1.82) is 0 Å². The molecule has 96 valence electrons. The van der Waals surface area contributed by atoms with Crippen molar-refractivity contribution in [2.45, 2.75) is 26.3 Å².